The quantitative estimate of drug-likeness (QED) is 0.317. The van der Waals surface area contributed by atoms with Crippen molar-refractivity contribution in [2.24, 2.45) is 0 Å². The lowest BCUT2D eigenvalue weighted by molar-refractivity contribution is 0.398. The van der Waals surface area contributed by atoms with Gasteiger partial charge in [0, 0.05) is 21.0 Å². The predicted molar refractivity (Wildman–Crippen MR) is 123 cm³/mol. The second-order valence-corrected chi connectivity index (χ2v) is 9.38. The summed E-state index contributed by atoms with van der Waals surface area (Å²) in [6, 6.07) is 15.8. The second kappa shape index (κ2) is 8.00. The van der Waals surface area contributed by atoms with Crippen LogP contribution in [0.4, 0.5) is 0 Å². The molecule has 2 heterocycles. The first kappa shape index (κ1) is 20.8. The van der Waals surface area contributed by atoms with E-state index in [1.54, 1.807) is 0 Å². The second-order valence-electron chi connectivity index (χ2n) is 8.06. The van der Waals surface area contributed by atoms with E-state index in [-0.39, 0.29) is 5.41 Å². The van der Waals surface area contributed by atoms with Gasteiger partial charge in [0.1, 0.15) is 0 Å². The zero-order valence-corrected chi connectivity index (χ0v) is 19.6. The summed E-state index contributed by atoms with van der Waals surface area (Å²) in [6.07, 6.45) is 0.748. The molecule has 4 aromatic rings. The largest absolute Gasteiger partial charge is 0.419 e. The van der Waals surface area contributed by atoms with Gasteiger partial charge in [0.25, 0.3) is 5.89 Å². The highest BCUT2D eigenvalue weighted by Gasteiger charge is 2.27. The van der Waals surface area contributed by atoms with E-state index in [1.807, 2.05) is 61.9 Å². The maximum absolute atomic E-state index is 6.54. The SMILES string of the molecule is CCc1c(-c2nnc(C(C)(C)C)o2)nn(-c2ccccc2Cl)c1-c1ccc(Br)cc1. The summed E-state index contributed by atoms with van der Waals surface area (Å²) < 4.78 is 8.92. The molecule has 0 amide bonds. The zero-order valence-electron chi connectivity index (χ0n) is 17.3. The van der Waals surface area contributed by atoms with E-state index >= 15 is 0 Å². The summed E-state index contributed by atoms with van der Waals surface area (Å²) in [5, 5.41) is 14.1. The molecule has 154 valence electrons. The lowest BCUT2D eigenvalue weighted by Crippen LogP contribution is -2.11. The fourth-order valence-corrected chi connectivity index (χ4v) is 3.76. The van der Waals surface area contributed by atoms with Crippen LogP contribution < -0.4 is 0 Å². The maximum Gasteiger partial charge on any atom is 0.268 e. The first-order chi connectivity index (χ1) is 14.3. The van der Waals surface area contributed by atoms with Gasteiger partial charge in [0.15, 0.2) is 5.69 Å². The molecule has 0 atom stereocenters. The molecule has 0 fully saturated rings. The molecule has 4 rings (SSSR count). The molecule has 0 bridgehead atoms. The Hall–Kier alpha value is -2.44. The van der Waals surface area contributed by atoms with Crippen molar-refractivity contribution >= 4 is 27.5 Å². The van der Waals surface area contributed by atoms with Crippen LogP contribution in [0, 0.1) is 0 Å². The maximum atomic E-state index is 6.54. The molecule has 0 aliphatic rings. The summed E-state index contributed by atoms with van der Waals surface area (Å²) in [7, 11) is 0. The topological polar surface area (TPSA) is 56.7 Å². The van der Waals surface area contributed by atoms with E-state index in [0.29, 0.717) is 22.5 Å². The Morgan fingerprint density at radius 2 is 1.73 bits per heavy atom. The molecular weight excluding hydrogens is 464 g/mol. The average molecular weight is 486 g/mol. The number of aromatic nitrogens is 4. The van der Waals surface area contributed by atoms with Gasteiger partial charge in [0.05, 0.1) is 16.4 Å². The van der Waals surface area contributed by atoms with Crippen molar-refractivity contribution in [3.8, 4) is 28.5 Å². The normalized spacial score (nSPS) is 11.8. The average Bonchev–Trinajstić information content (AvgIpc) is 3.33. The lowest BCUT2D eigenvalue weighted by Gasteiger charge is -2.11. The monoisotopic (exact) mass is 484 g/mol. The highest BCUT2D eigenvalue weighted by Crippen LogP contribution is 2.37. The van der Waals surface area contributed by atoms with Gasteiger partial charge >= 0.3 is 0 Å². The molecular formula is C23H22BrClN4O. The summed E-state index contributed by atoms with van der Waals surface area (Å²) in [5.74, 6) is 0.998. The van der Waals surface area contributed by atoms with Crippen molar-refractivity contribution in [3.63, 3.8) is 0 Å². The van der Waals surface area contributed by atoms with Crippen molar-refractivity contribution in [2.45, 2.75) is 39.5 Å². The highest BCUT2D eigenvalue weighted by atomic mass is 79.9. The minimum atomic E-state index is -0.239. The van der Waals surface area contributed by atoms with E-state index < -0.39 is 0 Å². The van der Waals surface area contributed by atoms with Crippen LogP contribution >= 0.6 is 27.5 Å². The molecule has 5 nitrogen and oxygen atoms in total. The zero-order chi connectivity index (χ0) is 21.5. The molecule has 0 aliphatic heterocycles. The van der Waals surface area contributed by atoms with Gasteiger partial charge in [0.2, 0.25) is 5.89 Å². The third-order valence-electron chi connectivity index (χ3n) is 4.80. The molecule has 2 aromatic heterocycles. The lowest BCUT2D eigenvalue weighted by atomic mass is 9.97. The molecule has 0 aliphatic carbocycles. The van der Waals surface area contributed by atoms with Crippen LogP contribution in [-0.4, -0.2) is 20.0 Å². The Morgan fingerprint density at radius 3 is 2.33 bits per heavy atom. The molecule has 0 unspecified atom stereocenters. The summed E-state index contributed by atoms with van der Waals surface area (Å²) in [5.41, 5.74) is 4.26. The Bertz CT molecular complexity index is 1190. The van der Waals surface area contributed by atoms with E-state index in [2.05, 4.69) is 45.2 Å². The minimum Gasteiger partial charge on any atom is -0.419 e. The Morgan fingerprint density at radius 1 is 1.03 bits per heavy atom. The molecule has 0 spiro atoms. The standard InChI is InChI=1S/C23H22BrClN4O/c1-5-16-19(21-26-27-22(30-21)23(2,3)4)28-29(18-9-7-6-8-17(18)25)20(16)14-10-12-15(24)13-11-14/h6-13H,5H2,1-4H3. The molecule has 0 saturated carbocycles. The third-order valence-corrected chi connectivity index (χ3v) is 5.65. The van der Waals surface area contributed by atoms with Gasteiger partial charge in [-0.05, 0) is 30.7 Å². The number of para-hydroxylation sites is 1. The fraction of sp³-hybridized carbons (Fsp3) is 0.261. The number of hydrogen-bond acceptors (Lipinski definition) is 4. The van der Waals surface area contributed by atoms with Crippen LogP contribution in [0.1, 0.15) is 39.1 Å². The number of rotatable bonds is 4. The van der Waals surface area contributed by atoms with Crippen molar-refractivity contribution in [3.05, 3.63) is 69.5 Å². The van der Waals surface area contributed by atoms with Crippen LogP contribution in [-0.2, 0) is 11.8 Å². The van der Waals surface area contributed by atoms with E-state index in [0.717, 1.165) is 33.4 Å². The summed E-state index contributed by atoms with van der Waals surface area (Å²) in [6.45, 7) is 8.22. The van der Waals surface area contributed by atoms with Gasteiger partial charge in [-0.15, -0.1) is 10.2 Å². The van der Waals surface area contributed by atoms with Gasteiger partial charge in [-0.1, -0.05) is 79.5 Å². The first-order valence-electron chi connectivity index (χ1n) is 9.76. The van der Waals surface area contributed by atoms with Gasteiger partial charge in [-0.2, -0.15) is 5.10 Å². The summed E-state index contributed by atoms with van der Waals surface area (Å²) >= 11 is 10.1. The van der Waals surface area contributed by atoms with Crippen molar-refractivity contribution in [2.75, 3.05) is 0 Å². The fourth-order valence-electron chi connectivity index (χ4n) is 3.28. The molecule has 30 heavy (non-hydrogen) atoms. The van der Waals surface area contributed by atoms with Gasteiger partial charge in [-0.3, -0.25) is 0 Å². The van der Waals surface area contributed by atoms with Crippen molar-refractivity contribution in [1.82, 2.24) is 20.0 Å². The van der Waals surface area contributed by atoms with E-state index in [1.165, 1.54) is 0 Å². The smallest absolute Gasteiger partial charge is 0.268 e. The van der Waals surface area contributed by atoms with Crippen molar-refractivity contribution in [1.29, 1.82) is 0 Å². The van der Waals surface area contributed by atoms with E-state index in [4.69, 9.17) is 21.1 Å². The molecule has 7 heteroatoms. The Labute approximate surface area is 189 Å². The molecule has 0 saturated heterocycles. The van der Waals surface area contributed by atoms with Crippen LogP contribution in [0.15, 0.2) is 57.4 Å². The predicted octanol–water partition coefficient (Wildman–Crippen LogP) is 6.87. The number of benzene rings is 2. The summed E-state index contributed by atoms with van der Waals surface area (Å²) in [4.78, 5) is 0. The van der Waals surface area contributed by atoms with Crippen LogP contribution in [0.2, 0.25) is 5.02 Å². The first-order valence-corrected chi connectivity index (χ1v) is 10.9. The van der Waals surface area contributed by atoms with Gasteiger partial charge < -0.3 is 4.42 Å². The molecule has 2 aromatic carbocycles. The number of nitrogens with zero attached hydrogens (tertiary/aromatic N) is 4. The Balaban J connectivity index is 1.99. The Kier molecular flexibility index (Phi) is 5.55. The minimum absolute atomic E-state index is 0.239. The van der Waals surface area contributed by atoms with Crippen LogP contribution in [0.5, 0.6) is 0 Å². The third kappa shape index (κ3) is 3.82. The van der Waals surface area contributed by atoms with E-state index in [9.17, 15) is 0 Å². The van der Waals surface area contributed by atoms with Crippen LogP contribution in [0.25, 0.3) is 28.5 Å². The number of hydrogen-bond donors (Lipinski definition) is 0. The molecule has 0 radical (unpaired) electrons. The van der Waals surface area contributed by atoms with Crippen molar-refractivity contribution < 1.29 is 4.42 Å². The van der Waals surface area contributed by atoms with Gasteiger partial charge in [-0.25, -0.2) is 4.68 Å². The highest BCUT2D eigenvalue weighted by molar-refractivity contribution is 9.10. The molecule has 0 N–H and O–H groups in total. The van der Waals surface area contributed by atoms with Crippen LogP contribution in [0.3, 0.4) is 0 Å². The number of halogens is 2.